The molecule has 0 bridgehead atoms. The van der Waals surface area contributed by atoms with Gasteiger partial charge in [-0.05, 0) is 23.9 Å². The van der Waals surface area contributed by atoms with E-state index in [-0.39, 0.29) is 5.91 Å². The average Bonchev–Trinajstić information content (AvgIpc) is 3.04. The van der Waals surface area contributed by atoms with Crippen LogP contribution in [0.25, 0.3) is 0 Å². The van der Waals surface area contributed by atoms with Crippen molar-refractivity contribution in [3.8, 4) is 11.8 Å². The van der Waals surface area contributed by atoms with Crippen LogP contribution in [0.1, 0.15) is 26.5 Å². The molecule has 5 nitrogen and oxygen atoms in total. The number of thiophene rings is 1. The minimum atomic E-state index is -0.0265. The summed E-state index contributed by atoms with van der Waals surface area (Å²) in [5.41, 5.74) is 7.93. The van der Waals surface area contributed by atoms with Gasteiger partial charge >= 0.3 is 0 Å². The van der Waals surface area contributed by atoms with Gasteiger partial charge in [-0.2, -0.15) is 5.10 Å². The zero-order chi connectivity index (χ0) is 15.4. The molecule has 0 saturated carbocycles. The number of nitrogens with two attached hydrogens (primary N) is 1. The Kier molecular flexibility index (Phi) is 4.78. The molecule has 2 N–H and O–H groups in total. The molecule has 6 heteroatoms. The summed E-state index contributed by atoms with van der Waals surface area (Å²) in [4.78, 5) is 15.0. The molecular formula is C15H18N4OS. The number of aromatic nitrogens is 2. The largest absolute Gasteiger partial charge is 0.337 e. The molecule has 0 aliphatic carbocycles. The average molecular weight is 302 g/mol. The molecule has 2 rings (SSSR count). The Bertz CT molecular complexity index is 705. The Balaban J connectivity index is 2.07. The lowest BCUT2D eigenvalue weighted by Gasteiger charge is -2.16. The summed E-state index contributed by atoms with van der Waals surface area (Å²) in [5, 5.41) is 6.12. The third-order valence-corrected chi connectivity index (χ3v) is 4.09. The molecule has 2 heterocycles. The van der Waals surface area contributed by atoms with E-state index in [9.17, 15) is 4.79 Å². The summed E-state index contributed by atoms with van der Waals surface area (Å²) in [5.74, 6) is 5.80. The van der Waals surface area contributed by atoms with E-state index in [0.29, 0.717) is 18.7 Å². The second kappa shape index (κ2) is 6.57. The Labute approximate surface area is 128 Å². The van der Waals surface area contributed by atoms with Gasteiger partial charge in [0.1, 0.15) is 0 Å². The number of hydrogen-bond acceptors (Lipinski definition) is 4. The normalized spacial score (nSPS) is 10.1. The summed E-state index contributed by atoms with van der Waals surface area (Å²) in [6, 6.07) is 1.99. The minimum absolute atomic E-state index is 0.0265. The molecule has 110 valence electrons. The molecular weight excluding hydrogens is 284 g/mol. The molecule has 0 spiro atoms. The molecule has 0 unspecified atom stereocenters. The number of nitrogens with zero attached hydrogens (tertiary/aromatic N) is 3. The topological polar surface area (TPSA) is 64.2 Å². The summed E-state index contributed by atoms with van der Waals surface area (Å²) < 4.78 is 1.70. The monoisotopic (exact) mass is 302 g/mol. The van der Waals surface area contributed by atoms with Gasteiger partial charge in [-0.15, -0.1) is 11.3 Å². The van der Waals surface area contributed by atoms with Crippen LogP contribution in [-0.2, 0) is 13.6 Å². The first kappa shape index (κ1) is 15.3. The van der Waals surface area contributed by atoms with Crippen LogP contribution in [0.3, 0.4) is 0 Å². The number of carbonyl (C=O) groups is 1. The van der Waals surface area contributed by atoms with E-state index >= 15 is 0 Å². The van der Waals surface area contributed by atoms with Crippen molar-refractivity contribution >= 4 is 17.2 Å². The van der Waals surface area contributed by atoms with Crippen molar-refractivity contribution in [1.29, 1.82) is 0 Å². The van der Waals surface area contributed by atoms with Gasteiger partial charge in [-0.1, -0.05) is 11.8 Å². The Morgan fingerprint density at radius 3 is 2.95 bits per heavy atom. The van der Waals surface area contributed by atoms with Gasteiger partial charge in [0.15, 0.2) is 0 Å². The van der Waals surface area contributed by atoms with E-state index in [1.807, 2.05) is 25.4 Å². The molecule has 0 radical (unpaired) electrons. The van der Waals surface area contributed by atoms with Crippen LogP contribution in [0.4, 0.5) is 0 Å². The highest BCUT2D eigenvalue weighted by Crippen LogP contribution is 2.17. The summed E-state index contributed by atoms with van der Waals surface area (Å²) in [7, 11) is 3.62. The van der Waals surface area contributed by atoms with Gasteiger partial charge < -0.3 is 10.6 Å². The first-order chi connectivity index (χ1) is 10.0. The summed E-state index contributed by atoms with van der Waals surface area (Å²) in [6.45, 7) is 2.79. The molecule has 2 aromatic rings. The van der Waals surface area contributed by atoms with Gasteiger partial charge in [0, 0.05) is 26.3 Å². The maximum absolute atomic E-state index is 12.4. The zero-order valence-corrected chi connectivity index (χ0v) is 13.2. The van der Waals surface area contributed by atoms with Gasteiger partial charge in [-0.3, -0.25) is 9.48 Å². The van der Waals surface area contributed by atoms with Crippen LogP contribution in [0.2, 0.25) is 0 Å². The predicted octanol–water partition coefficient (Wildman–Crippen LogP) is 1.37. The molecule has 0 fully saturated rings. The number of rotatable bonds is 3. The molecule has 21 heavy (non-hydrogen) atoms. The second-order valence-corrected chi connectivity index (χ2v) is 5.66. The van der Waals surface area contributed by atoms with Gasteiger partial charge in [0.25, 0.3) is 5.91 Å². The number of hydrogen-bond donors (Lipinski definition) is 1. The van der Waals surface area contributed by atoms with E-state index in [1.54, 1.807) is 34.2 Å². The highest BCUT2D eigenvalue weighted by atomic mass is 32.1. The lowest BCUT2D eigenvalue weighted by atomic mass is 10.2. The van der Waals surface area contributed by atoms with Crippen molar-refractivity contribution in [3.63, 3.8) is 0 Å². The standard InChI is InChI=1S/C15H18N4OS/c1-11-14(8-17-19(11)3)15(20)18(2)9-12-7-13(21-10-12)5-4-6-16/h7-8,10H,6,9,16H2,1-3H3. The van der Waals surface area contributed by atoms with Gasteiger partial charge in [0.05, 0.1) is 23.2 Å². The number of amides is 1. The lowest BCUT2D eigenvalue weighted by Crippen LogP contribution is -2.26. The zero-order valence-electron chi connectivity index (χ0n) is 12.4. The molecule has 2 aromatic heterocycles. The maximum Gasteiger partial charge on any atom is 0.257 e. The first-order valence-corrected chi connectivity index (χ1v) is 7.41. The predicted molar refractivity (Wildman–Crippen MR) is 84.0 cm³/mol. The van der Waals surface area contributed by atoms with E-state index in [4.69, 9.17) is 5.73 Å². The molecule has 0 saturated heterocycles. The van der Waals surface area contributed by atoms with Crippen LogP contribution in [-0.4, -0.2) is 34.2 Å². The van der Waals surface area contributed by atoms with Crippen LogP contribution < -0.4 is 5.73 Å². The van der Waals surface area contributed by atoms with Gasteiger partial charge in [-0.25, -0.2) is 0 Å². The quantitative estimate of drug-likeness (QED) is 0.871. The third kappa shape index (κ3) is 3.51. The Morgan fingerprint density at radius 1 is 1.57 bits per heavy atom. The minimum Gasteiger partial charge on any atom is -0.337 e. The highest BCUT2D eigenvalue weighted by molar-refractivity contribution is 7.10. The van der Waals surface area contributed by atoms with Crippen molar-refractivity contribution in [2.24, 2.45) is 12.8 Å². The van der Waals surface area contributed by atoms with Crippen molar-refractivity contribution in [2.45, 2.75) is 13.5 Å². The number of aryl methyl sites for hydroxylation is 1. The fraction of sp³-hybridized carbons (Fsp3) is 0.333. The van der Waals surface area contributed by atoms with Crippen molar-refractivity contribution in [3.05, 3.63) is 39.3 Å². The summed E-state index contributed by atoms with van der Waals surface area (Å²) >= 11 is 1.56. The Morgan fingerprint density at radius 2 is 2.33 bits per heavy atom. The van der Waals surface area contributed by atoms with E-state index in [2.05, 4.69) is 16.9 Å². The molecule has 1 amide bonds. The summed E-state index contributed by atoms with van der Waals surface area (Å²) in [6.07, 6.45) is 1.61. The van der Waals surface area contributed by atoms with Crippen molar-refractivity contribution in [2.75, 3.05) is 13.6 Å². The highest BCUT2D eigenvalue weighted by Gasteiger charge is 2.17. The maximum atomic E-state index is 12.4. The molecule has 0 aliphatic rings. The van der Waals surface area contributed by atoms with Crippen LogP contribution in [0, 0.1) is 18.8 Å². The fourth-order valence-electron chi connectivity index (χ4n) is 1.92. The second-order valence-electron chi connectivity index (χ2n) is 4.75. The smallest absolute Gasteiger partial charge is 0.257 e. The van der Waals surface area contributed by atoms with E-state index in [0.717, 1.165) is 16.1 Å². The SMILES string of the molecule is Cc1c(C(=O)N(C)Cc2csc(C#CCN)c2)cnn1C. The van der Waals surface area contributed by atoms with E-state index < -0.39 is 0 Å². The molecule has 0 atom stereocenters. The van der Waals surface area contributed by atoms with E-state index in [1.165, 1.54) is 0 Å². The van der Waals surface area contributed by atoms with Gasteiger partial charge in [0.2, 0.25) is 0 Å². The number of carbonyl (C=O) groups excluding carboxylic acids is 1. The van der Waals surface area contributed by atoms with Crippen LogP contribution in [0.5, 0.6) is 0 Å². The van der Waals surface area contributed by atoms with Crippen LogP contribution in [0.15, 0.2) is 17.6 Å². The lowest BCUT2D eigenvalue weighted by molar-refractivity contribution is 0.0784. The van der Waals surface area contributed by atoms with Crippen molar-refractivity contribution in [1.82, 2.24) is 14.7 Å². The third-order valence-electron chi connectivity index (χ3n) is 3.20. The molecule has 0 aromatic carbocycles. The first-order valence-electron chi connectivity index (χ1n) is 6.53. The van der Waals surface area contributed by atoms with Crippen molar-refractivity contribution < 1.29 is 4.79 Å². The Hall–Kier alpha value is -2.10. The molecule has 0 aliphatic heterocycles. The fourth-order valence-corrected chi connectivity index (χ4v) is 2.69. The van der Waals surface area contributed by atoms with Crippen LogP contribution >= 0.6 is 11.3 Å².